The first-order valence-electron chi connectivity index (χ1n) is 9.25. The third-order valence-corrected chi connectivity index (χ3v) is 4.58. The highest BCUT2D eigenvalue weighted by atomic mass is 16.2. The van der Waals surface area contributed by atoms with E-state index >= 15 is 0 Å². The molecule has 132 valence electrons. The van der Waals surface area contributed by atoms with Crippen LogP contribution >= 0.6 is 0 Å². The fraction of sp³-hybridized carbons (Fsp3) is 0.600. The van der Waals surface area contributed by atoms with Crippen molar-refractivity contribution in [3.8, 4) is 0 Å². The molecule has 0 saturated heterocycles. The van der Waals surface area contributed by atoms with E-state index in [0.29, 0.717) is 23.6 Å². The van der Waals surface area contributed by atoms with Gasteiger partial charge in [-0.2, -0.15) is 0 Å². The van der Waals surface area contributed by atoms with Gasteiger partial charge in [0.15, 0.2) is 0 Å². The van der Waals surface area contributed by atoms with Crippen molar-refractivity contribution < 1.29 is 9.59 Å². The molecule has 0 atom stereocenters. The maximum atomic E-state index is 12.5. The van der Waals surface area contributed by atoms with Crippen LogP contribution in [0.5, 0.6) is 0 Å². The smallest absolute Gasteiger partial charge is 0.251 e. The van der Waals surface area contributed by atoms with E-state index in [4.69, 9.17) is 0 Å². The Kier molecular flexibility index (Phi) is 7.29. The zero-order valence-electron chi connectivity index (χ0n) is 14.9. The van der Waals surface area contributed by atoms with Crippen molar-refractivity contribution in [3.63, 3.8) is 0 Å². The molecule has 2 rings (SSSR count). The minimum atomic E-state index is -0.111. The number of rotatable bonds is 6. The van der Waals surface area contributed by atoms with E-state index < -0.39 is 0 Å². The van der Waals surface area contributed by atoms with Crippen molar-refractivity contribution in [1.29, 1.82) is 0 Å². The minimum Gasteiger partial charge on any atom is -0.352 e. The number of amides is 2. The molecule has 0 aromatic heterocycles. The van der Waals surface area contributed by atoms with E-state index in [0.717, 1.165) is 19.3 Å². The van der Waals surface area contributed by atoms with E-state index in [2.05, 4.69) is 24.5 Å². The van der Waals surface area contributed by atoms with Gasteiger partial charge in [-0.15, -0.1) is 0 Å². The molecule has 0 unspecified atom stereocenters. The van der Waals surface area contributed by atoms with Crippen LogP contribution in [-0.4, -0.2) is 24.4 Å². The lowest BCUT2D eigenvalue weighted by molar-refractivity contribution is 0.0933. The topological polar surface area (TPSA) is 58.2 Å². The molecule has 1 aliphatic rings. The van der Waals surface area contributed by atoms with Crippen molar-refractivity contribution in [3.05, 3.63) is 35.4 Å². The summed E-state index contributed by atoms with van der Waals surface area (Å²) in [6, 6.07) is 7.27. The molecule has 1 aliphatic carbocycles. The van der Waals surface area contributed by atoms with Gasteiger partial charge in [-0.3, -0.25) is 9.59 Å². The number of hydrogen-bond donors (Lipinski definition) is 2. The Morgan fingerprint density at radius 2 is 1.67 bits per heavy atom. The van der Waals surface area contributed by atoms with Gasteiger partial charge < -0.3 is 10.6 Å². The Bertz CT molecular complexity index is 546. The van der Waals surface area contributed by atoms with Gasteiger partial charge in [-0.1, -0.05) is 45.6 Å². The van der Waals surface area contributed by atoms with E-state index in [1.54, 1.807) is 24.3 Å². The van der Waals surface area contributed by atoms with Crippen LogP contribution in [0.15, 0.2) is 24.3 Å². The van der Waals surface area contributed by atoms with Crippen LogP contribution in [0.3, 0.4) is 0 Å². The maximum Gasteiger partial charge on any atom is 0.251 e. The molecule has 1 aromatic carbocycles. The molecular formula is C20H30N2O2. The highest BCUT2D eigenvalue weighted by Crippen LogP contribution is 2.18. The molecule has 0 spiro atoms. The first-order chi connectivity index (χ1) is 11.6. The summed E-state index contributed by atoms with van der Waals surface area (Å²) in [6.07, 6.45) is 7.96. The first-order valence-corrected chi connectivity index (χ1v) is 9.25. The number of carbonyl (C=O) groups excluding carboxylic acids is 2. The second kappa shape index (κ2) is 9.45. The molecule has 4 nitrogen and oxygen atoms in total. The van der Waals surface area contributed by atoms with Crippen LogP contribution < -0.4 is 10.6 Å². The van der Waals surface area contributed by atoms with Gasteiger partial charge >= 0.3 is 0 Å². The molecule has 2 amide bonds. The number of benzene rings is 1. The predicted octanol–water partition coefficient (Wildman–Crippen LogP) is 3.92. The molecule has 1 saturated carbocycles. The van der Waals surface area contributed by atoms with Crippen LogP contribution in [0.25, 0.3) is 0 Å². The first kappa shape index (κ1) is 18.5. The van der Waals surface area contributed by atoms with Gasteiger partial charge in [-0.05, 0) is 43.4 Å². The van der Waals surface area contributed by atoms with Crippen molar-refractivity contribution in [2.45, 2.75) is 64.8 Å². The average Bonchev–Trinajstić information content (AvgIpc) is 2.83. The third kappa shape index (κ3) is 5.99. The lowest BCUT2D eigenvalue weighted by atomic mass is 10.1. The van der Waals surface area contributed by atoms with Gasteiger partial charge in [0.2, 0.25) is 0 Å². The molecule has 0 heterocycles. The SMILES string of the molecule is CC(C)CCNC(=O)c1cccc(C(=O)NC2CCCCCC2)c1. The van der Waals surface area contributed by atoms with E-state index in [-0.39, 0.29) is 17.9 Å². The third-order valence-electron chi connectivity index (χ3n) is 4.58. The Hall–Kier alpha value is -1.84. The number of carbonyl (C=O) groups is 2. The lowest BCUT2D eigenvalue weighted by Gasteiger charge is -2.16. The van der Waals surface area contributed by atoms with Crippen molar-refractivity contribution in [2.75, 3.05) is 6.54 Å². The van der Waals surface area contributed by atoms with Gasteiger partial charge in [0, 0.05) is 23.7 Å². The summed E-state index contributed by atoms with van der Waals surface area (Å²) in [5, 5.41) is 6.04. The van der Waals surface area contributed by atoms with Crippen molar-refractivity contribution in [2.24, 2.45) is 5.92 Å². The summed E-state index contributed by atoms with van der Waals surface area (Å²) in [4.78, 5) is 24.7. The summed E-state index contributed by atoms with van der Waals surface area (Å²) in [5.41, 5.74) is 1.11. The summed E-state index contributed by atoms with van der Waals surface area (Å²) in [5.74, 6) is 0.375. The fourth-order valence-corrected chi connectivity index (χ4v) is 3.07. The lowest BCUT2D eigenvalue weighted by Crippen LogP contribution is -2.34. The van der Waals surface area contributed by atoms with Crippen molar-refractivity contribution in [1.82, 2.24) is 10.6 Å². The molecule has 0 bridgehead atoms. The monoisotopic (exact) mass is 330 g/mol. The van der Waals surface area contributed by atoms with Crippen LogP contribution in [0.4, 0.5) is 0 Å². The van der Waals surface area contributed by atoms with Gasteiger partial charge in [0.05, 0.1) is 0 Å². The Morgan fingerprint density at radius 3 is 2.29 bits per heavy atom. The van der Waals surface area contributed by atoms with E-state index in [9.17, 15) is 9.59 Å². The Morgan fingerprint density at radius 1 is 1.04 bits per heavy atom. The standard InChI is InChI=1S/C20H30N2O2/c1-15(2)12-13-21-19(23)16-8-7-9-17(14-16)20(24)22-18-10-5-3-4-6-11-18/h7-9,14-15,18H,3-6,10-13H2,1-2H3,(H,21,23)(H,22,24). The molecule has 1 fully saturated rings. The summed E-state index contributed by atoms with van der Waals surface area (Å²) in [7, 11) is 0. The predicted molar refractivity (Wildman–Crippen MR) is 97.2 cm³/mol. The largest absolute Gasteiger partial charge is 0.352 e. The molecule has 1 aromatic rings. The Balaban J connectivity index is 1.93. The molecular weight excluding hydrogens is 300 g/mol. The average molecular weight is 330 g/mol. The van der Waals surface area contributed by atoms with Gasteiger partial charge in [0.1, 0.15) is 0 Å². The van der Waals surface area contributed by atoms with Crippen molar-refractivity contribution >= 4 is 11.8 Å². The maximum absolute atomic E-state index is 12.5. The normalized spacial score (nSPS) is 15.8. The quantitative estimate of drug-likeness (QED) is 0.777. The van der Waals surface area contributed by atoms with E-state index in [1.807, 2.05) is 0 Å². The fourth-order valence-electron chi connectivity index (χ4n) is 3.07. The second-order valence-corrected chi connectivity index (χ2v) is 7.18. The zero-order valence-corrected chi connectivity index (χ0v) is 14.9. The van der Waals surface area contributed by atoms with Crippen LogP contribution in [0.1, 0.15) is 79.5 Å². The van der Waals surface area contributed by atoms with E-state index in [1.165, 1.54) is 25.7 Å². The van der Waals surface area contributed by atoms with Crippen LogP contribution in [0.2, 0.25) is 0 Å². The second-order valence-electron chi connectivity index (χ2n) is 7.18. The molecule has 0 aliphatic heterocycles. The Labute approximate surface area is 145 Å². The van der Waals surface area contributed by atoms with Crippen LogP contribution in [-0.2, 0) is 0 Å². The molecule has 2 N–H and O–H groups in total. The van der Waals surface area contributed by atoms with Gasteiger partial charge in [-0.25, -0.2) is 0 Å². The molecule has 4 heteroatoms. The van der Waals surface area contributed by atoms with Gasteiger partial charge in [0.25, 0.3) is 11.8 Å². The molecule has 24 heavy (non-hydrogen) atoms. The number of hydrogen-bond acceptors (Lipinski definition) is 2. The minimum absolute atomic E-state index is 0.0706. The highest BCUT2D eigenvalue weighted by molar-refractivity contribution is 5.99. The zero-order chi connectivity index (χ0) is 17.4. The summed E-state index contributed by atoms with van der Waals surface area (Å²) < 4.78 is 0. The highest BCUT2D eigenvalue weighted by Gasteiger charge is 2.16. The summed E-state index contributed by atoms with van der Waals surface area (Å²) >= 11 is 0. The molecule has 0 radical (unpaired) electrons. The number of nitrogens with one attached hydrogen (secondary N) is 2. The summed E-state index contributed by atoms with van der Waals surface area (Å²) in [6.45, 7) is 4.92. The van der Waals surface area contributed by atoms with Crippen LogP contribution in [0, 0.1) is 5.92 Å².